The lowest BCUT2D eigenvalue weighted by molar-refractivity contribution is -0.134. The molecule has 0 unspecified atom stereocenters. The fraction of sp³-hybridized carbons (Fsp3) is 0.320. The Bertz CT molecular complexity index is 978. The average Bonchev–Trinajstić information content (AvgIpc) is 3.45. The van der Waals surface area contributed by atoms with E-state index in [-0.39, 0.29) is 0 Å². The molecule has 0 aliphatic heterocycles. The lowest BCUT2D eigenvalue weighted by atomic mass is 10.1. The van der Waals surface area contributed by atoms with Crippen LogP contribution >= 0.6 is 11.3 Å². The summed E-state index contributed by atoms with van der Waals surface area (Å²) < 4.78 is 17.3. The van der Waals surface area contributed by atoms with E-state index in [1.165, 1.54) is 36.0 Å². The van der Waals surface area contributed by atoms with Crippen molar-refractivity contribution in [3.63, 3.8) is 0 Å². The maximum atomic E-state index is 9.00. The van der Waals surface area contributed by atoms with Crippen molar-refractivity contribution in [2.24, 2.45) is 0 Å². The van der Waals surface area contributed by atoms with Crippen molar-refractivity contribution in [2.45, 2.75) is 32.6 Å². The fourth-order valence-electron chi connectivity index (χ4n) is 3.46. The van der Waals surface area contributed by atoms with Crippen LogP contribution < -0.4 is 14.2 Å². The van der Waals surface area contributed by atoms with E-state index < -0.39 is 5.97 Å². The predicted octanol–water partition coefficient (Wildman–Crippen LogP) is 5.85. The van der Waals surface area contributed by atoms with Crippen molar-refractivity contribution in [3.8, 4) is 28.4 Å². The van der Waals surface area contributed by atoms with Crippen LogP contribution in [0, 0.1) is 0 Å². The SMILES string of the molecule is CC(=O)O.COc1cc(-c2ccsc2)ccc1OCCCOc1ccc2c(c1)CCC2. The van der Waals surface area contributed by atoms with Crippen molar-refractivity contribution >= 4 is 17.3 Å². The second-order valence-corrected chi connectivity index (χ2v) is 8.01. The molecule has 1 aliphatic carbocycles. The first-order chi connectivity index (χ1) is 15.1. The Morgan fingerprint density at radius 3 is 2.48 bits per heavy atom. The highest BCUT2D eigenvalue weighted by Gasteiger charge is 2.11. The van der Waals surface area contributed by atoms with E-state index in [1.807, 2.05) is 12.1 Å². The Kier molecular flexibility index (Phi) is 8.35. The van der Waals surface area contributed by atoms with Crippen LogP contribution in [0.4, 0.5) is 0 Å². The van der Waals surface area contributed by atoms with Gasteiger partial charge in [-0.05, 0) is 82.6 Å². The number of carboxylic acids is 1. The topological polar surface area (TPSA) is 65.0 Å². The molecule has 1 heterocycles. The lowest BCUT2D eigenvalue weighted by Crippen LogP contribution is -2.06. The van der Waals surface area contributed by atoms with Crippen LogP contribution in [0.1, 0.15) is 30.9 Å². The minimum absolute atomic E-state index is 0.596. The molecule has 6 heteroatoms. The van der Waals surface area contributed by atoms with Gasteiger partial charge in [0.2, 0.25) is 0 Å². The summed E-state index contributed by atoms with van der Waals surface area (Å²) in [5, 5.41) is 11.6. The number of benzene rings is 2. The molecule has 1 aromatic heterocycles. The van der Waals surface area contributed by atoms with Crippen LogP contribution in [0.25, 0.3) is 11.1 Å². The number of aryl methyl sites for hydroxylation is 2. The number of thiophene rings is 1. The molecule has 164 valence electrons. The molecule has 0 amide bonds. The van der Waals surface area contributed by atoms with Gasteiger partial charge >= 0.3 is 0 Å². The standard InChI is InChI=1S/C23H24O3S.C2H4O2/c1-24-23-15-19(20-10-13-27-16-20)7-9-22(23)26-12-3-11-25-21-8-6-17-4-2-5-18(17)14-21;1-2(3)4/h6-10,13-16H,2-5,11-12H2,1H3;1H3,(H,3,4). The third-order valence-corrected chi connectivity index (χ3v) is 5.59. The second-order valence-electron chi connectivity index (χ2n) is 7.23. The van der Waals surface area contributed by atoms with Crippen LogP contribution in [0.15, 0.2) is 53.2 Å². The minimum Gasteiger partial charge on any atom is -0.493 e. The highest BCUT2D eigenvalue weighted by Crippen LogP contribution is 2.33. The molecule has 0 saturated carbocycles. The van der Waals surface area contributed by atoms with Crippen LogP contribution in [0.5, 0.6) is 17.2 Å². The fourth-order valence-corrected chi connectivity index (χ4v) is 4.13. The van der Waals surface area contributed by atoms with Crippen molar-refractivity contribution in [1.82, 2.24) is 0 Å². The maximum Gasteiger partial charge on any atom is 0.300 e. The molecule has 0 radical (unpaired) electrons. The molecular formula is C25H28O5S. The van der Waals surface area contributed by atoms with E-state index in [0.29, 0.717) is 13.2 Å². The molecule has 5 nitrogen and oxygen atoms in total. The van der Waals surface area contributed by atoms with Gasteiger partial charge in [0.1, 0.15) is 5.75 Å². The lowest BCUT2D eigenvalue weighted by Gasteiger charge is -2.12. The summed E-state index contributed by atoms with van der Waals surface area (Å²) in [6.07, 6.45) is 4.47. The summed E-state index contributed by atoms with van der Waals surface area (Å²) in [6.45, 7) is 2.33. The molecule has 0 fully saturated rings. The number of rotatable bonds is 8. The Balaban J connectivity index is 0.000000628. The van der Waals surface area contributed by atoms with Gasteiger partial charge in [0.05, 0.1) is 20.3 Å². The van der Waals surface area contributed by atoms with Gasteiger partial charge in [-0.1, -0.05) is 12.1 Å². The summed E-state index contributed by atoms with van der Waals surface area (Å²) >= 11 is 1.69. The third kappa shape index (κ3) is 6.76. The maximum absolute atomic E-state index is 9.00. The van der Waals surface area contributed by atoms with Crippen LogP contribution in [-0.4, -0.2) is 31.4 Å². The normalized spacial score (nSPS) is 11.8. The van der Waals surface area contributed by atoms with E-state index in [0.717, 1.165) is 36.2 Å². The van der Waals surface area contributed by atoms with E-state index in [2.05, 4.69) is 41.1 Å². The van der Waals surface area contributed by atoms with E-state index in [1.54, 1.807) is 18.4 Å². The molecule has 1 N–H and O–H groups in total. The number of fused-ring (bicyclic) bond motifs is 1. The van der Waals surface area contributed by atoms with Gasteiger partial charge in [-0.25, -0.2) is 0 Å². The second kappa shape index (κ2) is 11.4. The van der Waals surface area contributed by atoms with Gasteiger partial charge in [0.15, 0.2) is 11.5 Å². The first-order valence-electron chi connectivity index (χ1n) is 10.3. The van der Waals surface area contributed by atoms with Gasteiger partial charge in [0, 0.05) is 13.3 Å². The molecule has 0 atom stereocenters. The number of carbonyl (C=O) groups is 1. The minimum atomic E-state index is -0.833. The molecule has 0 spiro atoms. The Hall–Kier alpha value is -2.99. The Labute approximate surface area is 187 Å². The first kappa shape index (κ1) is 22.7. The Morgan fingerprint density at radius 2 is 1.74 bits per heavy atom. The first-order valence-corrected chi connectivity index (χ1v) is 11.3. The van der Waals surface area contributed by atoms with Gasteiger partial charge in [0.25, 0.3) is 5.97 Å². The smallest absolute Gasteiger partial charge is 0.300 e. The Morgan fingerprint density at radius 1 is 0.968 bits per heavy atom. The third-order valence-electron chi connectivity index (χ3n) is 4.90. The largest absolute Gasteiger partial charge is 0.493 e. The molecular weight excluding hydrogens is 412 g/mol. The van der Waals surface area contributed by atoms with E-state index in [9.17, 15) is 0 Å². The quantitative estimate of drug-likeness (QED) is 0.445. The highest BCUT2D eigenvalue weighted by atomic mass is 32.1. The van der Waals surface area contributed by atoms with Crippen LogP contribution in [0.3, 0.4) is 0 Å². The molecule has 0 saturated heterocycles. The monoisotopic (exact) mass is 440 g/mol. The van der Waals surface area contributed by atoms with Crippen molar-refractivity contribution in [3.05, 3.63) is 64.4 Å². The summed E-state index contributed by atoms with van der Waals surface area (Å²) in [5.74, 6) is 1.67. The molecule has 1 aliphatic rings. The molecule has 31 heavy (non-hydrogen) atoms. The zero-order chi connectivity index (χ0) is 22.1. The molecule has 3 aromatic rings. The number of ether oxygens (including phenoxy) is 3. The molecule has 4 rings (SSSR count). The molecule has 2 aromatic carbocycles. The number of hydrogen-bond acceptors (Lipinski definition) is 5. The van der Waals surface area contributed by atoms with Gasteiger partial charge in [-0.2, -0.15) is 11.3 Å². The van der Waals surface area contributed by atoms with Crippen molar-refractivity contribution < 1.29 is 24.1 Å². The van der Waals surface area contributed by atoms with Gasteiger partial charge < -0.3 is 19.3 Å². The average molecular weight is 441 g/mol. The van der Waals surface area contributed by atoms with E-state index in [4.69, 9.17) is 24.1 Å². The van der Waals surface area contributed by atoms with Crippen molar-refractivity contribution in [2.75, 3.05) is 20.3 Å². The van der Waals surface area contributed by atoms with Gasteiger partial charge in [-0.3, -0.25) is 4.79 Å². The number of methoxy groups -OCH3 is 1. The van der Waals surface area contributed by atoms with E-state index >= 15 is 0 Å². The zero-order valence-corrected chi connectivity index (χ0v) is 18.7. The summed E-state index contributed by atoms with van der Waals surface area (Å²) in [5.41, 5.74) is 5.26. The van der Waals surface area contributed by atoms with Gasteiger partial charge in [-0.15, -0.1) is 0 Å². The number of carboxylic acid groups (broad SMARTS) is 1. The van der Waals surface area contributed by atoms with Crippen molar-refractivity contribution in [1.29, 1.82) is 0 Å². The number of hydrogen-bond donors (Lipinski definition) is 1. The summed E-state index contributed by atoms with van der Waals surface area (Å²) in [4.78, 5) is 9.00. The summed E-state index contributed by atoms with van der Waals surface area (Å²) in [7, 11) is 1.68. The van der Waals surface area contributed by atoms with Crippen LogP contribution in [0.2, 0.25) is 0 Å². The number of aliphatic carboxylic acids is 1. The summed E-state index contributed by atoms with van der Waals surface area (Å²) in [6, 6.07) is 14.7. The molecule has 0 bridgehead atoms. The zero-order valence-electron chi connectivity index (χ0n) is 17.9. The highest BCUT2D eigenvalue weighted by molar-refractivity contribution is 7.08. The predicted molar refractivity (Wildman–Crippen MR) is 124 cm³/mol. The van der Waals surface area contributed by atoms with Crippen LogP contribution in [-0.2, 0) is 17.6 Å².